The lowest BCUT2D eigenvalue weighted by atomic mass is 10.0. The number of rotatable bonds is 3. The number of hydrogen-bond donors (Lipinski definition) is 0. The molecule has 4 nitrogen and oxygen atoms in total. The second-order valence-corrected chi connectivity index (χ2v) is 6.81. The highest BCUT2D eigenvalue weighted by atomic mass is 32.1. The molecule has 3 aromatic rings. The minimum atomic E-state index is -0.310. The Morgan fingerprint density at radius 2 is 1.96 bits per heavy atom. The first kappa shape index (κ1) is 15.7. The summed E-state index contributed by atoms with van der Waals surface area (Å²) in [6.07, 6.45) is 0. The highest BCUT2D eigenvalue weighted by molar-refractivity contribution is 7.10. The van der Waals surface area contributed by atoms with Crippen molar-refractivity contribution < 1.29 is 9.15 Å². The van der Waals surface area contributed by atoms with Gasteiger partial charge < -0.3 is 9.15 Å². The van der Waals surface area contributed by atoms with Gasteiger partial charge in [-0.2, -0.15) is 0 Å². The number of nitrogens with zero attached hydrogens (tertiary/aromatic N) is 1. The number of benzene rings is 1. The van der Waals surface area contributed by atoms with Gasteiger partial charge in [0.1, 0.15) is 11.3 Å². The van der Waals surface area contributed by atoms with E-state index in [-0.39, 0.29) is 5.63 Å². The van der Waals surface area contributed by atoms with Gasteiger partial charge >= 0.3 is 5.63 Å². The Bertz CT molecular complexity index is 937. The largest absolute Gasteiger partial charge is 0.496 e. The van der Waals surface area contributed by atoms with Crippen LogP contribution in [0.1, 0.15) is 35.9 Å². The summed E-state index contributed by atoms with van der Waals surface area (Å²) in [5, 5.41) is 3.95. The van der Waals surface area contributed by atoms with Crippen LogP contribution in [0.5, 0.6) is 5.75 Å². The molecule has 0 amide bonds. The number of aryl methyl sites for hydroxylation is 1. The van der Waals surface area contributed by atoms with Gasteiger partial charge in [-0.05, 0) is 31.5 Å². The number of hydrogen-bond acceptors (Lipinski definition) is 5. The van der Waals surface area contributed by atoms with Gasteiger partial charge in [-0.15, -0.1) is 11.3 Å². The third-order valence-electron chi connectivity index (χ3n) is 4.04. The summed E-state index contributed by atoms with van der Waals surface area (Å²) in [7, 11) is 1.62. The van der Waals surface area contributed by atoms with E-state index in [1.165, 1.54) is 0 Å². The fraction of sp³-hybridized carbons (Fsp3) is 0.333. The summed E-state index contributed by atoms with van der Waals surface area (Å²) in [6, 6.07) is 3.82. The third-order valence-corrected chi connectivity index (χ3v) is 5.19. The maximum absolute atomic E-state index is 12.0. The standard InChI is InChI=1S/C18H19NO3S/c1-9(2)17-19-13(8-23-17)12-6-14(21-5)16-10(3)11(4)18(20)22-15(16)7-12/h6-9H,1-5H3. The smallest absolute Gasteiger partial charge is 0.339 e. The molecule has 2 heterocycles. The predicted octanol–water partition coefficient (Wildman–Crippen LogP) is 4.67. The van der Waals surface area contributed by atoms with Crippen LogP contribution in [-0.4, -0.2) is 12.1 Å². The second-order valence-electron chi connectivity index (χ2n) is 5.92. The zero-order chi connectivity index (χ0) is 16.7. The third kappa shape index (κ3) is 2.65. The summed E-state index contributed by atoms with van der Waals surface area (Å²) in [6.45, 7) is 7.92. The van der Waals surface area contributed by atoms with E-state index in [1.807, 2.05) is 24.4 Å². The van der Waals surface area contributed by atoms with Gasteiger partial charge in [0.05, 0.1) is 23.2 Å². The predicted molar refractivity (Wildman–Crippen MR) is 93.7 cm³/mol. The quantitative estimate of drug-likeness (QED) is 0.656. The highest BCUT2D eigenvalue weighted by Crippen LogP contribution is 2.35. The topological polar surface area (TPSA) is 52.3 Å². The van der Waals surface area contributed by atoms with Crippen molar-refractivity contribution in [3.8, 4) is 17.0 Å². The van der Waals surface area contributed by atoms with Crippen molar-refractivity contribution in [2.75, 3.05) is 7.11 Å². The molecule has 23 heavy (non-hydrogen) atoms. The number of thiazole rings is 1. The fourth-order valence-electron chi connectivity index (χ4n) is 2.55. The van der Waals surface area contributed by atoms with E-state index < -0.39 is 0 Å². The molecule has 0 fully saturated rings. The van der Waals surface area contributed by atoms with Crippen LogP contribution in [0, 0.1) is 13.8 Å². The molecule has 0 saturated carbocycles. The van der Waals surface area contributed by atoms with Crippen LogP contribution in [0.15, 0.2) is 26.7 Å². The number of aromatic nitrogens is 1. The molecule has 1 aromatic carbocycles. The summed E-state index contributed by atoms with van der Waals surface area (Å²) in [4.78, 5) is 16.6. The average molecular weight is 329 g/mol. The second kappa shape index (κ2) is 5.81. The Morgan fingerprint density at radius 1 is 1.22 bits per heavy atom. The monoisotopic (exact) mass is 329 g/mol. The molecule has 0 bridgehead atoms. The van der Waals surface area contributed by atoms with Crippen LogP contribution in [0.4, 0.5) is 0 Å². The van der Waals surface area contributed by atoms with Gasteiger partial charge in [0.15, 0.2) is 0 Å². The summed E-state index contributed by atoms with van der Waals surface area (Å²) >= 11 is 1.64. The minimum absolute atomic E-state index is 0.310. The van der Waals surface area contributed by atoms with Crippen molar-refractivity contribution in [1.29, 1.82) is 0 Å². The Balaban J connectivity index is 2.27. The zero-order valence-corrected chi connectivity index (χ0v) is 14.7. The molecular weight excluding hydrogens is 310 g/mol. The van der Waals surface area contributed by atoms with Gasteiger partial charge in [0.2, 0.25) is 0 Å². The molecule has 0 saturated heterocycles. The molecular formula is C18H19NO3S. The van der Waals surface area contributed by atoms with E-state index in [2.05, 4.69) is 18.8 Å². The molecule has 5 heteroatoms. The number of methoxy groups -OCH3 is 1. The van der Waals surface area contributed by atoms with Crippen LogP contribution in [-0.2, 0) is 0 Å². The SMILES string of the molecule is COc1cc(-c2csc(C(C)C)n2)cc2oc(=O)c(C)c(C)c12. The van der Waals surface area contributed by atoms with Gasteiger partial charge in [-0.1, -0.05) is 13.8 Å². The molecule has 0 aliphatic heterocycles. The van der Waals surface area contributed by atoms with Crippen LogP contribution >= 0.6 is 11.3 Å². The van der Waals surface area contributed by atoms with Gasteiger partial charge in [0, 0.05) is 22.4 Å². The van der Waals surface area contributed by atoms with E-state index in [4.69, 9.17) is 9.15 Å². The van der Waals surface area contributed by atoms with E-state index in [1.54, 1.807) is 25.4 Å². The highest BCUT2D eigenvalue weighted by Gasteiger charge is 2.16. The summed E-state index contributed by atoms with van der Waals surface area (Å²) < 4.78 is 11.0. The van der Waals surface area contributed by atoms with Crippen LogP contribution in [0.3, 0.4) is 0 Å². The first-order valence-electron chi connectivity index (χ1n) is 7.50. The normalized spacial score (nSPS) is 11.4. The van der Waals surface area contributed by atoms with E-state index >= 15 is 0 Å². The maximum Gasteiger partial charge on any atom is 0.339 e. The molecule has 0 aliphatic rings. The summed E-state index contributed by atoms with van der Waals surface area (Å²) in [5.41, 5.74) is 3.49. The van der Waals surface area contributed by atoms with E-state index in [9.17, 15) is 4.79 Å². The van der Waals surface area contributed by atoms with Crippen molar-refractivity contribution in [3.63, 3.8) is 0 Å². The molecule has 0 spiro atoms. The minimum Gasteiger partial charge on any atom is -0.496 e. The van der Waals surface area contributed by atoms with Crippen LogP contribution in [0.25, 0.3) is 22.2 Å². The zero-order valence-electron chi connectivity index (χ0n) is 13.9. The lowest BCUT2D eigenvalue weighted by Crippen LogP contribution is -2.06. The van der Waals surface area contributed by atoms with Crippen molar-refractivity contribution >= 4 is 22.3 Å². The number of fused-ring (bicyclic) bond motifs is 1. The maximum atomic E-state index is 12.0. The van der Waals surface area contributed by atoms with Crippen LogP contribution < -0.4 is 10.4 Å². The molecule has 0 unspecified atom stereocenters. The van der Waals surface area contributed by atoms with Crippen molar-refractivity contribution in [1.82, 2.24) is 4.98 Å². The van der Waals surface area contributed by atoms with Gasteiger partial charge in [-0.25, -0.2) is 9.78 Å². The Morgan fingerprint density at radius 3 is 2.57 bits per heavy atom. The van der Waals surface area contributed by atoms with E-state index in [0.717, 1.165) is 27.2 Å². The Labute approximate surface area is 138 Å². The average Bonchev–Trinajstić information content (AvgIpc) is 3.01. The fourth-order valence-corrected chi connectivity index (χ4v) is 3.40. The lowest BCUT2D eigenvalue weighted by molar-refractivity contribution is 0.418. The lowest BCUT2D eigenvalue weighted by Gasteiger charge is -2.11. The molecule has 2 aromatic heterocycles. The molecule has 0 N–H and O–H groups in total. The Hall–Kier alpha value is -2.14. The first-order valence-corrected chi connectivity index (χ1v) is 8.38. The molecule has 120 valence electrons. The number of ether oxygens (including phenoxy) is 1. The van der Waals surface area contributed by atoms with Gasteiger partial charge in [-0.3, -0.25) is 0 Å². The summed E-state index contributed by atoms with van der Waals surface area (Å²) in [5.74, 6) is 1.08. The Kier molecular flexibility index (Phi) is 3.98. The molecule has 0 aliphatic carbocycles. The van der Waals surface area contributed by atoms with Crippen molar-refractivity contribution in [2.24, 2.45) is 0 Å². The van der Waals surface area contributed by atoms with Crippen molar-refractivity contribution in [2.45, 2.75) is 33.6 Å². The molecule has 0 radical (unpaired) electrons. The van der Waals surface area contributed by atoms with Crippen molar-refractivity contribution in [3.05, 3.63) is 44.1 Å². The van der Waals surface area contributed by atoms with Gasteiger partial charge in [0.25, 0.3) is 0 Å². The van der Waals surface area contributed by atoms with E-state index in [0.29, 0.717) is 22.8 Å². The molecule has 0 atom stereocenters. The first-order chi connectivity index (χ1) is 10.9. The molecule has 3 rings (SSSR count). The van der Waals surface area contributed by atoms with Crippen LogP contribution in [0.2, 0.25) is 0 Å².